The third-order valence-electron chi connectivity index (χ3n) is 8.85. The summed E-state index contributed by atoms with van der Waals surface area (Å²) in [4.78, 5) is 0. The molecule has 0 unspecified atom stereocenters. The summed E-state index contributed by atoms with van der Waals surface area (Å²) in [5, 5.41) is 0. The van der Waals surface area contributed by atoms with Gasteiger partial charge >= 0.3 is 381 Å². The van der Waals surface area contributed by atoms with Crippen molar-refractivity contribution in [3.05, 3.63) is 273 Å². The van der Waals surface area contributed by atoms with Gasteiger partial charge in [-0.1, -0.05) is 0 Å². The van der Waals surface area contributed by atoms with E-state index in [0.29, 0.717) is 0 Å². The van der Waals surface area contributed by atoms with Crippen LogP contribution in [-0.4, -0.2) is 0 Å². The van der Waals surface area contributed by atoms with Gasteiger partial charge in [-0.15, -0.1) is 0 Å². The van der Waals surface area contributed by atoms with Crippen LogP contribution in [-0.2, 0) is 41.4 Å². The average Bonchev–Trinajstić information content (AvgIpc) is 3.36. The molecule has 6 heteroatoms. The van der Waals surface area contributed by atoms with Crippen molar-refractivity contribution in [3.8, 4) is 0 Å². The molecule has 309 valence electrons. The topological polar surface area (TPSA) is 0 Å². The molecule has 9 rings (SSSR count). The molecule has 0 spiro atoms. The fraction of sp³-hybridized carbons (Fsp3) is 0. The van der Waals surface area contributed by atoms with Crippen molar-refractivity contribution in [2.75, 3.05) is 0 Å². The van der Waals surface area contributed by atoms with Gasteiger partial charge in [0.25, 0.3) is 0 Å². The third-order valence-corrected chi connectivity index (χ3v) is 33.2. The van der Waals surface area contributed by atoms with Gasteiger partial charge in [-0.25, -0.2) is 0 Å². The van der Waals surface area contributed by atoms with Crippen LogP contribution >= 0.6 is 29.1 Å². The number of halogens is 3. The van der Waals surface area contributed by atoms with Crippen LogP contribution < -0.4 is 37.4 Å². The van der Waals surface area contributed by atoms with Gasteiger partial charge in [0.05, 0.1) is 0 Å². The first-order chi connectivity index (χ1) is 29.4. The van der Waals surface area contributed by atoms with Crippen molar-refractivity contribution in [2.24, 2.45) is 0 Å². The Bertz CT molecular complexity index is 2000. The van der Waals surface area contributed by atoms with Gasteiger partial charge in [-0.3, -0.25) is 0 Å². The fourth-order valence-corrected chi connectivity index (χ4v) is 25.0. The van der Waals surface area contributed by atoms with Crippen LogP contribution in [0.25, 0.3) is 0 Å². The molecule has 0 aliphatic carbocycles. The van der Waals surface area contributed by atoms with Gasteiger partial charge in [0.1, 0.15) is 0 Å². The Hall–Kier alpha value is -4.28. The molecule has 60 heavy (non-hydrogen) atoms. The summed E-state index contributed by atoms with van der Waals surface area (Å²) in [6, 6.07) is 94.2. The van der Waals surface area contributed by atoms with Crippen molar-refractivity contribution in [1.82, 2.24) is 0 Å². The van der Waals surface area contributed by atoms with E-state index in [0.717, 1.165) is 0 Å². The molecule has 0 saturated heterocycles. The normalized spacial score (nSPS) is 12.1. The molecule has 0 atom stereocenters. The summed E-state index contributed by atoms with van der Waals surface area (Å²) in [5.41, 5.74) is 0. The molecule has 9 aromatic rings. The molecule has 0 heterocycles. The molecule has 0 aliphatic rings. The van der Waals surface area contributed by atoms with E-state index in [9.17, 15) is 0 Å². The fourth-order valence-electron chi connectivity index (χ4n) is 6.03. The van der Waals surface area contributed by atoms with Crippen LogP contribution in [0.3, 0.4) is 0 Å². The van der Waals surface area contributed by atoms with E-state index in [-0.39, 0.29) is 0 Å². The van der Waals surface area contributed by atoms with Crippen LogP contribution in [0, 0.1) is 0 Å². The minimum absolute atomic E-state index is 1.24. The van der Waals surface area contributed by atoms with Gasteiger partial charge in [-0.2, -0.15) is 0 Å². The molecule has 0 N–H and O–H groups in total. The van der Waals surface area contributed by atoms with Gasteiger partial charge in [0.15, 0.2) is 0 Å². The van der Waals surface area contributed by atoms with Crippen molar-refractivity contribution >= 4 is 66.5 Å². The second-order valence-corrected chi connectivity index (χ2v) is 34.4. The monoisotopic (exact) mass is 1110 g/mol. The standard InChI is InChI=1S/9C6H5.3ClH.3Rh/c9*1-2-4-6-5-3-1;;;;;;/h9*1-5H;3*1H;;;/q;;;;;;;;;;;;3*+1/p-3. The van der Waals surface area contributed by atoms with E-state index in [4.69, 9.17) is 29.1 Å². The quantitative estimate of drug-likeness (QED) is 0.127. The van der Waals surface area contributed by atoms with Crippen molar-refractivity contribution in [1.29, 1.82) is 0 Å². The molecule has 0 radical (unpaired) electrons. The summed E-state index contributed by atoms with van der Waals surface area (Å²) in [7, 11) is 21.8. The van der Waals surface area contributed by atoms with Crippen molar-refractivity contribution in [3.63, 3.8) is 0 Å². The average molecular weight is 1110 g/mol. The third kappa shape index (κ3) is 10.1. The Balaban J connectivity index is 0.000000136. The molecule has 0 saturated carbocycles. The van der Waals surface area contributed by atoms with E-state index in [2.05, 4.69) is 218 Å². The summed E-state index contributed by atoms with van der Waals surface area (Å²) in [6.07, 6.45) is 0. The second kappa shape index (κ2) is 21.5. The Morgan fingerprint density at radius 1 is 0.150 bits per heavy atom. The van der Waals surface area contributed by atoms with Gasteiger partial charge < -0.3 is 0 Å². The zero-order valence-electron chi connectivity index (χ0n) is 32.6. The number of hydrogen-bond donors (Lipinski definition) is 0. The molecular weight excluding hydrogens is 1060 g/mol. The van der Waals surface area contributed by atoms with Crippen LogP contribution in [0.1, 0.15) is 0 Å². The van der Waals surface area contributed by atoms with Gasteiger partial charge in [-0.05, 0) is 0 Å². The molecular formula is C54H45Cl3Rh3. The molecule has 0 aliphatic heterocycles. The van der Waals surface area contributed by atoms with Crippen LogP contribution in [0.15, 0.2) is 273 Å². The molecule has 0 bridgehead atoms. The summed E-state index contributed by atoms with van der Waals surface area (Å²) >= 11 is -8.02. The van der Waals surface area contributed by atoms with Crippen LogP contribution in [0.2, 0.25) is 0 Å². The zero-order chi connectivity index (χ0) is 41.5. The Morgan fingerprint density at radius 3 is 0.317 bits per heavy atom. The molecule has 9 aromatic carbocycles. The maximum absolute atomic E-state index is 7.28. The first-order valence-electron chi connectivity index (χ1n) is 19.1. The Kier molecular flexibility index (Phi) is 15.7. The molecule has 0 amide bonds. The number of hydrogen-bond acceptors (Lipinski definition) is 0. The van der Waals surface area contributed by atoms with Crippen molar-refractivity contribution in [2.45, 2.75) is 0 Å². The molecule has 0 nitrogen and oxygen atoms in total. The van der Waals surface area contributed by atoms with E-state index in [1.165, 1.54) is 37.4 Å². The zero-order valence-corrected chi connectivity index (χ0v) is 39.8. The van der Waals surface area contributed by atoms with E-state index < -0.39 is 41.4 Å². The predicted octanol–water partition coefficient (Wildman–Crippen LogP) is 9.81. The van der Waals surface area contributed by atoms with E-state index in [1.54, 1.807) is 0 Å². The maximum atomic E-state index is 7.28. The van der Waals surface area contributed by atoms with E-state index >= 15 is 0 Å². The van der Waals surface area contributed by atoms with Crippen LogP contribution in [0.4, 0.5) is 0 Å². The van der Waals surface area contributed by atoms with Crippen molar-refractivity contribution < 1.29 is 41.4 Å². The minimum atomic E-state index is -2.67. The molecule has 0 aromatic heterocycles. The number of rotatable bonds is 9. The van der Waals surface area contributed by atoms with Gasteiger partial charge in [0, 0.05) is 0 Å². The predicted molar refractivity (Wildman–Crippen MR) is 252 cm³/mol. The first kappa shape index (κ1) is 43.8. The summed E-state index contributed by atoms with van der Waals surface area (Å²) in [5.74, 6) is 0. The van der Waals surface area contributed by atoms with Gasteiger partial charge in [0.2, 0.25) is 0 Å². The first-order valence-corrected chi connectivity index (χ1v) is 32.8. The summed E-state index contributed by atoms with van der Waals surface area (Å²) < 4.78 is 11.2. The summed E-state index contributed by atoms with van der Waals surface area (Å²) in [6.45, 7) is 0. The Morgan fingerprint density at radius 2 is 0.233 bits per heavy atom. The second-order valence-electron chi connectivity index (χ2n) is 12.7. The number of benzene rings is 9. The Labute approximate surface area is 377 Å². The SMILES string of the molecule is [Cl][Rh]([c]1ccccc1)([c]1ccccc1)[c]1ccccc1.[Cl][Rh]([c]1ccccc1)([c]1ccccc1)[c]1ccccc1.[Cl][Rh]([c]1ccccc1)([c]1ccccc1)[c]1ccccc1. The van der Waals surface area contributed by atoms with Crippen LogP contribution in [0.5, 0.6) is 0 Å². The molecule has 0 fully saturated rings. The van der Waals surface area contributed by atoms with E-state index in [1.807, 2.05) is 54.6 Å².